The maximum atomic E-state index is 12.6. The van der Waals surface area contributed by atoms with E-state index in [2.05, 4.69) is 5.10 Å². The minimum Gasteiger partial charge on any atom is -0.480 e. The lowest BCUT2D eigenvalue weighted by atomic mass is 10.1. The first kappa shape index (κ1) is 17.7. The lowest BCUT2D eigenvalue weighted by Gasteiger charge is -2.28. The Morgan fingerprint density at radius 1 is 1.25 bits per heavy atom. The Balaban J connectivity index is 2.19. The van der Waals surface area contributed by atoms with Gasteiger partial charge in [0.2, 0.25) is 5.91 Å². The number of aliphatic carboxylic acids is 1. The van der Waals surface area contributed by atoms with Crippen LogP contribution < -0.4 is 0 Å². The van der Waals surface area contributed by atoms with Gasteiger partial charge < -0.3 is 10.0 Å². The molecule has 1 aromatic carbocycles. The Bertz CT molecular complexity index is 655. The summed E-state index contributed by atoms with van der Waals surface area (Å²) in [5.74, 6) is -1.66. The molecule has 0 fully saturated rings. The number of hydrogen-bond donors (Lipinski definition) is 1. The van der Waals surface area contributed by atoms with Crippen LogP contribution in [0.25, 0.3) is 0 Å². The first-order valence-electron chi connectivity index (χ1n) is 7.83. The first-order chi connectivity index (χ1) is 11.4. The molecule has 2 rings (SSSR count). The topological polar surface area (TPSA) is 90.3 Å². The van der Waals surface area contributed by atoms with Crippen molar-refractivity contribution in [1.82, 2.24) is 9.91 Å². The van der Waals surface area contributed by atoms with Crippen molar-refractivity contribution in [2.24, 2.45) is 5.10 Å². The van der Waals surface area contributed by atoms with Gasteiger partial charge in [0.25, 0.3) is 5.91 Å². The van der Waals surface area contributed by atoms with Gasteiger partial charge in [-0.1, -0.05) is 30.3 Å². The van der Waals surface area contributed by atoms with Gasteiger partial charge in [0.05, 0.1) is 6.54 Å². The third kappa shape index (κ3) is 4.41. The smallest absolute Gasteiger partial charge is 0.323 e. The highest BCUT2D eigenvalue weighted by atomic mass is 16.4. The van der Waals surface area contributed by atoms with Crippen LogP contribution in [0.2, 0.25) is 0 Å². The Hall–Kier alpha value is -2.70. The van der Waals surface area contributed by atoms with E-state index in [1.54, 1.807) is 13.8 Å². The molecule has 0 atom stereocenters. The third-order valence-corrected chi connectivity index (χ3v) is 3.72. The lowest BCUT2D eigenvalue weighted by molar-refractivity contribution is -0.143. The molecule has 1 aromatic rings. The van der Waals surface area contributed by atoms with E-state index in [1.807, 2.05) is 30.3 Å². The Labute approximate surface area is 140 Å². The van der Waals surface area contributed by atoms with Crippen molar-refractivity contribution in [3.63, 3.8) is 0 Å². The van der Waals surface area contributed by atoms with Crippen LogP contribution in [0.3, 0.4) is 0 Å². The molecule has 0 radical (unpaired) electrons. The largest absolute Gasteiger partial charge is 0.480 e. The van der Waals surface area contributed by atoms with Crippen LogP contribution in [0.15, 0.2) is 35.4 Å². The number of amides is 2. The molecule has 1 heterocycles. The average Bonchev–Trinajstić information content (AvgIpc) is 2.54. The van der Waals surface area contributed by atoms with Crippen LogP contribution in [0, 0.1) is 0 Å². The van der Waals surface area contributed by atoms with Crippen LogP contribution >= 0.6 is 0 Å². The zero-order valence-corrected chi connectivity index (χ0v) is 13.8. The summed E-state index contributed by atoms with van der Waals surface area (Å²) in [7, 11) is 0. The van der Waals surface area contributed by atoms with Gasteiger partial charge in [-0.2, -0.15) is 5.10 Å². The minimum atomic E-state index is -1.08. The second kappa shape index (κ2) is 7.72. The SMILES string of the molecule is CC(C)N(CC(=O)O)C(=O)C1=NN(Cc2ccccc2)C(=O)CC1. The number of benzene rings is 1. The number of carbonyl (C=O) groups is 3. The normalized spacial score (nSPS) is 14.5. The monoisotopic (exact) mass is 331 g/mol. The van der Waals surface area contributed by atoms with Crippen molar-refractivity contribution in [3.8, 4) is 0 Å². The number of carbonyl (C=O) groups excluding carboxylic acids is 2. The summed E-state index contributed by atoms with van der Waals surface area (Å²) in [5, 5.41) is 14.4. The van der Waals surface area contributed by atoms with Crippen molar-refractivity contribution >= 4 is 23.5 Å². The predicted molar refractivity (Wildman–Crippen MR) is 88.1 cm³/mol. The molecular weight excluding hydrogens is 310 g/mol. The summed E-state index contributed by atoms with van der Waals surface area (Å²) in [6.45, 7) is 3.40. The molecule has 1 N–H and O–H groups in total. The number of carboxylic acids is 1. The molecule has 0 unspecified atom stereocenters. The second-order valence-corrected chi connectivity index (χ2v) is 5.90. The Morgan fingerprint density at radius 2 is 1.92 bits per heavy atom. The summed E-state index contributed by atoms with van der Waals surface area (Å²) < 4.78 is 0. The number of carboxylic acid groups (broad SMARTS) is 1. The van der Waals surface area contributed by atoms with E-state index in [0.717, 1.165) is 5.56 Å². The molecule has 0 aliphatic carbocycles. The lowest BCUT2D eigenvalue weighted by Crippen LogP contribution is -2.46. The Morgan fingerprint density at radius 3 is 2.50 bits per heavy atom. The molecular formula is C17H21N3O4. The van der Waals surface area contributed by atoms with Gasteiger partial charge in [-0.15, -0.1) is 0 Å². The molecule has 0 spiro atoms. The molecule has 0 aromatic heterocycles. The molecule has 2 amide bonds. The standard InChI is InChI=1S/C17H21N3O4/c1-12(2)19(11-16(22)23)17(24)14-8-9-15(21)20(18-14)10-13-6-4-3-5-7-13/h3-7,12H,8-11H2,1-2H3,(H,22,23). The van der Waals surface area contributed by atoms with Crippen LogP contribution in [0.4, 0.5) is 0 Å². The van der Waals surface area contributed by atoms with Crippen molar-refractivity contribution in [1.29, 1.82) is 0 Å². The van der Waals surface area contributed by atoms with Gasteiger partial charge in [0, 0.05) is 18.9 Å². The summed E-state index contributed by atoms with van der Waals surface area (Å²) in [5.41, 5.74) is 1.13. The fourth-order valence-corrected chi connectivity index (χ4v) is 2.44. The molecule has 1 aliphatic heterocycles. The highest BCUT2D eigenvalue weighted by Gasteiger charge is 2.29. The third-order valence-electron chi connectivity index (χ3n) is 3.72. The molecule has 0 bridgehead atoms. The van der Waals surface area contributed by atoms with E-state index < -0.39 is 11.9 Å². The van der Waals surface area contributed by atoms with Crippen LogP contribution in [0.1, 0.15) is 32.3 Å². The van der Waals surface area contributed by atoms with E-state index in [1.165, 1.54) is 9.91 Å². The summed E-state index contributed by atoms with van der Waals surface area (Å²) in [4.78, 5) is 36.8. The molecule has 24 heavy (non-hydrogen) atoms. The van der Waals surface area contributed by atoms with Crippen molar-refractivity contribution in [2.75, 3.05) is 6.54 Å². The van der Waals surface area contributed by atoms with Crippen molar-refractivity contribution in [3.05, 3.63) is 35.9 Å². The first-order valence-corrected chi connectivity index (χ1v) is 7.83. The zero-order chi connectivity index (χ0) is 17.7. The summed E-state index contributed by atoms with van der Waals surface area (Å²) in [6, 6.07) is 9.11. The van der Waals surface area contributed by atoms with Crippen molar-refractivity contribution in [2.45, 2.75) is 39.3 Å². The van der Waals surface area contributed by atoms with Gasteiger partial charge in [-0.3, -0.25) is 14.4 Å². The van der Waals surface area contributed by atoms with Crippen LogP contribution in [-0.2, 0) is 20.9 Å². The summed E-state index contributed by atoms with van der Waals surface area (Å²) in [6.07, 6.45) is 0.419. The molecule has 0 saturated carbocycles. The highest BCUT2D eigenvalue weighted by molar-refractivity contribution is 6.39. The van der Waals surface area contributed by atoms with Gasteiger partial charge >= 0.3 is 5.97 Å². The fourth-order valence-electron chi connectivity index (χ4n) is 2.44. The maximum absolute atomic E-state index is 12.6. The summed E-state index contributed by atoms with van der Waals surface area (Å²) >= 11 is 0. The van der Waals surface area contributed by atoms with Crippen molar-refractivity contribution < 1.29 is 19.5 Å². The predicted octanol–water partition coefficient (Wildman–Crippen LogP) is 1.49. The molecule has 128 valence electrons. The van der Waals surface area contributed by atoms with Gasteiger partial charge in [-0.05, 0) is 19.4 Å². The fraction of sp³-hybridized carbons (Fsp3) is 0.412. The number of hydrogen-bond acceptors (Lipinski definition) is 4. The van der Waals surface area contributed by atoms with Gasteiger partial charge in [0.1, 0.15) is 12.3 Å². The number of hydrazone groups is 1. The number of nitrogens with zero attached hydrogens (tertiary/aromatic N) is 3. The quantitative estimate of drug-likeness (QED) is 0.855. The molecule has 0 saturated heterocycles. The highest BCUT2D eigenvalue weighted by Crippen LogP contribution is 2.15. The zero-order valence-electron chi connectivity index (χ0n) is 13.8. The minimum absolute atomic E-state index is 0.148. The van der Waals surface area contributed by atoms with Gasteiger partial charge in [-0.25, -0.2) is 5.01 Å². The van der Waals surface area contributed by atoms with Crippen LogP contribution in [0.5, 0.6) is 0 Å². The van der Waals surface area contributed by atoms with Gasteiger partial charge in [0.15, 0.2) is 0 Å². The molecule has 7 nitrogen and oxygen atoms in total. The molecule has 7 heteroatoms. The van der Waals surface area contributed by atoms with Crippen LogP contribution in [-0.4, -0.2) is 51.1 Å². The average molecular weight is 331 g/mol. The maximum Gasteiger partial charge on any atom is 0.323 e. The number of rotatable bonds is 6. The van der Waals surface area contributed by atoms with E-state index in [-0.39, 0.29) is 43.6 Å². The van der Waals surface area contributed by atoms with E-state index in [9.17, 15) is 14.4 Å². The second-order valence-electron chi connectivity index (χ2n) is 5.90. The molecule has 1 aliphatic rings. The Kier molecular flexibility index (Phi) is 5.68. The van der Waals surface area contributed by atoms with E-state index >= 15 is 0 Å². The van der Waals surface area contributed by atoms with E-state index in [0.29, 0.717) is 0 Å². The van der Waals surface area contributed by atoms with E-state index in [4.69, 9.17) is 5.11 Å².